The molecule has 0 bridgehead atoms. The smallest absolute Gasteiger partial charge is 0.427 e. The molecule has 1 saturated heterocycles. The first-order valence-electron chi connectivity index (χ1n) is 14.0. The monoisotopic (exact) mass is 587 g/mol. The zero-order valence-electron chi connectivity index (χ0n) is 24.2. The lowest BCUT2D eigenvalue weighted by Crippen LogP contribution is -2.76. The van der Waals surface area contributed by atoms with E-state index < -0.39 is 41.2 Å². The van der Waals surface area contributed by atoms with Gasteiger partial charge in [0.15, 0.2) is 11.9 Å². The van der Waals surface area contributed by atoms with Crippen molar-refractivity contribution < 1.29 is 41.5 Å². The second kappa shape index (κ2) is 12.3. The van der Waals surface area contributed by atoms with Gasteiger partial charge in [-0.1, -0.05) is 61.9 Å². The summed E-state index contributed by atoms with van der Waals surface area (Å²) in [5, 5.41) is 2.90. The zero-order chi connectivity index (χ0) is 30.6. The number of ether oxygens (including phenoxy) is 3. The molecule has 1 heterocycles. The molecule has 42 heavy (non-hydrogen) atoms. The number of methoxy groups -OCH3 is 1. The maximum atomic E-state index is 13.6. The van der Waals surface area contributed by atoms with Crippen LogP contribution in [0, 0.1) is 0 Å². The topological polar surface area (TPSA) is 73.9 Å². The van der Waals surface area contributed by atoms with Crippen molar-refractivity contribution in [3.63, 3.8) is 0 Å². The molecule has 2 aromatic carbocycles. The Balaban J connectivity index is 1.79. The van der Waals surface area contributed by atoms with Crippen molar-refractivity contribution in [1.29, 1.82) is 0 Å². The average molecular weight is 588 g/mol. The van der Waals surface area contributed by atoms with Gasteiger partial charge in [-0.3, -0.25) is 14.9 Å². The number of halogens is 3. The number of carbonyl (C=O) groups is 2. The zero-order valence-corrected chi connectivity index (χ0v) is 24.2. The summed E-state index contributed by atoms with van der Waals surface area (Å²) in [7, 11) is 3.64. The molecule has 2 fully saturated rings. The molecule has 1 aliphatic carbocycles. The highest BCUT2D eigenvalue weighted by molar-refractivity contribution is 5.96. The molecule has 2 aromatic rings. The van der Waals surface area contributed by atoms with E-state index in [1.54, 1.807) is 49.6 Å². The molecule has 10 heteroatoms. The summed E-state index contributed by atoms with van der Waals surface area (Å²) in [5.41, 5.74) is 0.00713. The molecule has 226 valence electrons. The summed E-state index contributed by atoms with van der Waals surface area (Å²) in [6.45, 7) is 6.16. The normalized spacial score (nSPS) is 27.9. The Hall–Kier alpha value is -3.63. The van der Waals surface area contributed by atoms with Crippen LogP contribution in [-0.4, -0.2) is 61.7 Å². The number of rotatable bonds is 9. The molecule has 0 spiro atoms. The minimum Gasteiger partial charge on any atom is -0.427 e. The first kappa shape index (κ1) is 31.3. The minimum absolute atomic E-state index is 0.263. The maximum Gasteiger partial charge on any atom is 0.573 e. The van der Waals surface area contributed by atoms with E-state index in [0.717, 1.165) is 37.3 Å². The summed E-state index contributed by atoms with van der Waals surface area (Å²) < 4.78 is 56.6. The van der Waals surface area contributed by atoms with Crippen LogP contribution in [0.5, 0.6) is 5.75 Å². The summed E-state index contributed by atoms with van der Waals surface area (Å²) in [4.78, 5) is 25.3. The standard InChI is InChI=1S/C32H37F3N2O5/c1-5-18-37(3)22-31(40-4)17-10-9-16-30(31,25-14-11-15-26(20-25)41-23(2)38)21-28(37)36-29(39)27(42-32(33,34)35)19-24-12-7-6-8-13-24/h5-8,11-15,19-20,28H,1,9-10,16-18,21-22H2,2-4H3/p+1/t28-,30?,31?,37+/m0/s1. The number of fused-ring (bicyclic) bond motifs is 1. The molecule has 7 nitrogen and oxygen atoms in total. The molecular weight excluding hydrogens is 549 g/mol. The van der Waals surface area contributed by atoms with Gasteiger partial charge in [0, 0.05) is 25.9 Å². The fourth-order valence-electron chi connectivity index (χ4n) is 6.86. The minimum atomic E-state index is -5.06. The fourth-order valence-corrected chi connectivity index (χ4v) is 6.86. The van der Waals surface area contributed by atoms with Gasteiger partial charge in [0.05, 0.1) is 13.6 Å². The lowest BCUT2D eigenvalue weighted by Gasteiger charge is -2.62. The number of carbonyl (C=O) groups excluding carboxylic acids is 2. The summed E-state index contributed by atoms with van der Waals surface area (Å²) in [6.07, 6.45) is 0.819. The van der Waals surface area contributed by atoms with E-state index in [2.05, 4.69) is 16.6 Å². The summed E-state index contributed by atoms with van der Waals surface area (Å²) >= 11 is 0. The lowest BCUT2D eigenvalue weighted by atomic mass is 9.55. The third-order valence-electron chi connectivity index (χ3n) is 8.65. The fraction of sp³-hybridized carbons (Fsp3) is 0.438. The van der Waals surface area contributed by atoms with Crippen LogP contribution < -0.4 is 10.1 Å². The van der Waals surface area contributed by atoms with Gasteiger partial charge in [-0.05, 0) is 48.3 Å². The van der Waals surface area contributed by atoms with E-state index in [9.17, 15) is 22.8 Å². The SMILES string of the molecule is C=CC[N@+]1(C)CC2(OC)CCCCC2(c2cccc(OC(C)=O)c2)C[C@H]1NC(=O)C(=Cc1ccccc1)OC(F)(F)F. The van der Waals surface area contributed by atoms with Gasteiger partial charge < -0.3 is 18.7 Å². The number of esters is 1. The second-order valence-corrected chi connectivity index (χ2v) is 11.4. The first-order chi connectivity index (χ1) is 19.9. The summed E-state index contributed by atoms with van der Waals surface area (Å²) in [5.74, 6) is -1.88. The van der Waals surface area contributed by atoms with Crippen LogP contribution in [0.25, 0.3) is 6.08 Å². The van der Waals surface area contributed by atoms with Crippen LogP contribution in [0.3, 0.4) is 0 Å². The van der Waals surface area contributed by atoms with Gasteiger partial charge in [0.2, 0.25) is 0 Å². The van der Waals surface area contributed by atoms with E-state index in [-0.39, 0.29) is 4.48 Å². The number of hydrogen-bond acceptors (Lipinski definition) is 5. The van der Waals surface area contributed by atoms with Gasteiger partial charge >= 0.3 is 12.3 Å². The molecular formula is C32H38F3N2O5+. The average Bonchev–Trinajstić information content (AvgIpc) is 2.93. The number of quaternary nitrogens is 1. The molecule has 0 aromatic heterocycles. The van der Waals surface area contributed by atoms with E-state index in [1.165, 1.54) is 6.92 Å². The molecule has 1 amide bonds. The maximum absolute atomic E-state index is 13.6. The second-order valence-electron chi connectivity index (χ2n) is 11.4. The number of likely N-dealkylation sites (tertiary alicyclic amines) is 1. The molecule has 2 unspecified atom stereocenters. The third-order valence-corrected chi connectivity index (χ3v) is 8.65. The number of benzene rings is 2. The highest BCUT2D eigenvalue weighted by atomic mass is 19.4. The van der Waals surface area contributed by atoms with Gasteiger partial charge in [-0.25, -0.2) is 0 Å². The Kier molecular flexibility index (Phi) is 9.18. The Bertz CT molecular complexity index is 1330. The van der Waals surface area contributed by atoms with Crippen molar-refractivity contribution >= 4 is 18.0 Å². The number of alkyl halides is 3. The van der Waals surface area contributed by atoms with E-state index in [4.69, 9.17) is 9.47 Å². The van der Waals surface area contributed by atoms with Crippen molar-refractivity contribution in [3.05, 3.63) is 84.1 Å². The summed E-state index contributed by atoms with van der Waals surface area (Å²) in [6, 6.07) is 15.5. The number of nitrogens with zero attached hydrogens (tertiary/aromatic N) is 1. The van der Waals surface area contributed by atoms with Crippen LogP contribution >= 0.6 is 0 Å². The van der Waals surface area contributed by atoms with Crippen LogP contribution in [0.1, 0.15) is 50.2 Å². The number of amides is 1. The van der Waals surface area contributed by atoms with E-state index >= 15 is 0 Å². The molecule has 2 aliphatic rings. The first-order valence-corrected chi connectivity index (χ1v) is 14.0. The van der Waals surface area contributed by atoms with Crippen LogP contribution in [0.15, 0.2) is 73.0 Å². The van der Waals surface area contributed by atoms with Crippen molar-refractivity contribution in [3.8, 4) is 5.75 Å². The van der Waals surface area contributed by atoms with Crippen molar-refractivity contribution in [2.45, 2.75) is 62.6 Å². The molecule has 1 aliphatic heterocycles. The van der Waals surface area contributed by atoms with Crippen LogP contribution in [-0.2, 0) is 24.5 Å². The Morgan fingerprint density at radius 2 is 1.83 bits per heavy atom. The van der Waals surface area contributed by atoms with Gasteiger partial charge in [0.1, 0.15) is 17.9 Å². The van der Waals surface area contributed by atoms with Gasteiger partial charge in [-0.15, -0.1) is 13.2 Å². The third kappa shape index (κ3) is 6.55. The van der Waals surface area contributed by atoms with Crippen molar-refractivity contribution in [1.82, 2.24) is 5.32 Å². The Morgan fingerprint density at radius 1 is 1.12 bits per heavy atom. The predicted molar refractivity (Wildman–Crippen MR) is 152 cm³/mol. The van der Waals surface area contributed by atoms with Crippen molar-refractivity contribution in [2.24, 2.45) is 0 Å². The molecule has 4 rings (SSSR count). The van der Waals surface area contributed by atoms with E-state index in [0.29, 0.717) is 30.8 Å². The van der Waals surface area contributed by atoms with Crippen LogP contribution in [0.4, 0.5) is 13.2 Å². The largest absolute Gasteiger partial charge is 0.573 e. The lowest BCUT2D eigenvalue weighted by molar-refractivity contribution is -0.944. The van der Waals surface area contributed by atoms with Gasteiger partial charge in [0.25, 0.3) is 5.91 Å². The molecule has 1 saturated carbocycles. The van der Waals surface area contributed by atoms with Gasteiger partial charge in [-0.2, -0.15) is 0 Å². The predicted octanol–water partition coefficient (Wildman–Crippen LogP) is 5.87. The van der Waals surface area contributed by atoms with Crippen LogP contribution in [0.2, 0.25) is 0 Å². The van der Waals surface area contributed by atoms with Crippen molar-refractivity contribution in [2.75, 3.05) is 27.2 Å². The van der Waals surface area contributed by atoms with E-state index in [1.807, 2.05) is 25.2 Å². The number of nitrogens with one attached hydrogen (secondary N) is 1. The number of likely N-dealkylation sites (N-methyl/N-ethyl adjacent to an activating group) is 1. The molecule has 4 atom stereocenters. The molecule has 1 N–H and O–H groups in total. The number of piperidine rings is 1. The Labute approximate surface area is 244 Å². The highest BCUT2D eigenvalue weighted by Gasteiger charge is 2.64. The molecule has 0 radical (unpaired) electrons. The Morgan fingerprint density at radius 3 is 2.48 bits per heavy atom. The quantitative estimate of drug-likeness (QED) is 0.0993. The highest BCUT2D eigenvalue weighted by Crippen LogP contribution is 2.56. The number of hydrogen-bond donors (Lipinski definition) is 1.